The highest BCUT2D eigenvalue weighted by Crippen LogP contribution is 2.33. The van der Waals surface area contributed by atoms with Crippen LogP contribution in [0.25, 0.3) is 0 Å². The number of hydrogen-bond acceptors (Lipinski definition) is 5. The Morgan fingerprint density at radius 3 is 2.52 bits per heavy atom. The second-order valence-electron chi connectivity index (χ2n) is 7.76. The van der Waals surface area contributed by atoms with Gasteiger partial charge in [0.1, 0.15) is 5.75 Å². The number of benzene rings is 1. The van der Waals surface area contributed by atoms with Gasteiger partial charge in [0.25, 0.3) is 0 Å². The molecule has 8 heteroatoms. The Labute approximate surface area is 174 Å². The fourth-order valence-electron chi connectivity index (χ4n) is 4.01. The van der Waals surface area contributed by atoms with Crippen LogP contribution in [-0.4, -0.2) is 69.9 Å². The molecule has 2 aliphatic heterocycles. The van der Waals surface area contributed by atoms with Crippen LogP contribution in [0.5, 0.6) is 5.75 Å². The fraction of sp³-hybridized carbons (Fsp3) is 0.571. The number of ether oxygens (including phenoxy) is 1. The smallest absolute Gasteiger partial charge is 0.246 e. The second-order valence-corrected chi connectivity index (χ2v) is 9.69. The molecule has 1 aromatic rings. The number of methoxy groups -OCH3 is 1. The average Bonchev–Trinajstić information content (AvgIpc) is 2.73. The molecule has 0 spiro atoms. The molecule has 0 aliphatic carbocycles. The van der Waals surface area contributed by atoms with Crippen molar-refractivity contribution in [3.8, 4) is 5.75 Å². The minimum Gasteiger partial charge on any atom is -0.495 e. The van der Waals surface area contributed by atoms with Crippen molar-refractivity contribution in [3.63, 3.8) is 0 Å². The topological polar surface area (TPSA) is 70.2 Å². The zero-order valence-electron chi connectivity index (χ0n) is 17.5. The maximum atomic E-state index is 13.2. The van der Waals surface area contributed by atoms with Crippen LogP contribution in [-0.2, 0) is 14.8 Å². The third-order valence-electron chi connectivity index (χ3n) is 5.65. The van der Waals surface area contributed by atoms with E-state index in [-0.39, 0.29) is 5.91 Å². The largest absolute Gasteiger partial charge is 0.495 e. The molecule has 0 radical (unpaired) electrons. The Balaban J connectivity index is 1.82. The van der Waals surface area contributed by atoms with Gasteiger partial charge >= 0.3 is 0 Å². The number of piperazine rings is 1. The molecule has 1 atom stereocenters. The molecule has 2 heterocycles. The van der Waals surface area contributed by atoms with E-state index in [4.69, 9.17) is 4.74 Å². The van der Waals surface area contributed by atoms with Gasteiger partial charge in [0.05, 0.1) is 17.7 Å². The first kappa shape index (κ1) is 21.6. The maximum absolute atomic E-state index is 13.2. The summed E-state index contributed by atoms with van der Waals surface area (Å²) in [5.41, 5.74) is 0.761. The summed E-state index contributed by atoms with van der Waals surface area (Å²) in [7, 11) is -1.95. The van der Waals surface area contributed by atoms with E-state index in [0.29, 0.717) is 55.8 Å². The molecule has 1 aromatic carbocycles. The summed E-state index contributed by atoms with van der Waals surface area (Å²) < 4.78 is 33.5. The standard InChI is InChI=1S/C21H31N3O4S/c1-4-6-21(25)23-13-11-22(12-14-23)19-15-18(8-9-20(19)28-3)29(26,27)24-10-5-7-17(2)16-24/h4,6,8-9,15,17H,5,7,10-14,16H2,1-3H3. The Kier molecular flexibility index (Phi) is 6.85. The van der Waals surface area contributed by atoms with Crippen LogP contribution in [0.2, 0.25) is 0 Å². The lowest BCUT2D eigenvalue weighted by atomic mass is 10.0. The molecule has 1 amide bonds. The van der Waals surface area contributed by atoms with Crippen molar-refractivity contribution < 1.29 is 17.9 Å². The van der Waals surface area contributed by atoms with Gasteiger partial charge in [-0.1, -0.05) is 13.0 Å². The van der Waals surface area contributed by atoms with Gasteiger partial charge in [-0.3, -0.25) is 4.79 Å². The number of amides is 1. The predicted molar refractivity (Wildman–Crippen MR) is 114 cm³/mol. The average molecular weight is 422 g/mol. The van der Waals surface area contributed by atoms with Crippen molar-refractivity contribution >= 4 is 21.6 Å². The number of allylic oxidation sites excluding steroid dienone is 1. The molecule has 29 heavy (non-hydrogen) atoms. The third-order valence-corrected chi connectivity index (χ3v) is 7.51. The SMILES string of the molecule is CC=CC(=O)N1CCN(c2cc(S(=O)(=O)N3CCCC(C)C3)ccc2OC)CC1. The van der Waals surface area contributed by atoms with E-state index in [9.17, 15) is 13.2 Å². The van der Waals surface area contributed by atoms with Crippen LogP contribution in [0.4, 0.5) is 5.69 Å². The number of nitrogens with zero attached hydrogens (tertiary/aromatic N) is 3. The van der Waals surface area contributed by atoms with Crippen molar-refractivity contribution in [2.75, 3.05) is 51.3 Å². The van der Waals surface area contributed by atoms with Gasteiger partial charge in [0, 0.05) is 39.3 Å². The third kappa shape index (κ3) is 4.75. The fourth-order valence-corrected chi connectivity index (χ4v) is 5.63. The highest BCUT2D eigenvalue weighted by atomic mass is 32.2. The van der Waals surface area contributed by atoms with E-state index in [0.717, 1.165) is 18.5 Å². The molecule has 0 bridgehead atoms. The molecule has 1 unspecified atom stereocenters. The van der Waals surface area contributed by atoms with Gasteiger partial charge in [-0.25, -0.2) is 8.42 Å². The number of sulfonamides is 1. The van der Waals surface area contributed by atoms with Crippen LogP contribution in [0.15, 0.2) is 35.2 Å². The van der Waals surface area contributed by atoms with Gasteiger partial charge in [-0.2, -0.15) is 4.31 Å². The Morgan fingerprint density at radius 1 is 1.17 bits per heavy atom. The molecule has 3 rings (SSSR count). The van der Waals surface area contributed by atoms with Crippen molar-refractivity contribution in [1.29, 1.82) is 0 Å². The van der Waals surface area contributed by atoms with Crippen LogP contribution in [0.1, 0.15) is 26.7 Å². The number of carbonyl (C=O) groups is 1. The van der Waals surface area contributed by atoms with Gasteiger partial charge < -0.3 is 14.5 Å². The van der Waals surface area contributed by atoms with Crippen LogP contribution >= 0.6 is 0 Å². The Hall–Kier alpha value is -2.06. The summed E-state index contributed by atoms with van der Waals surface area (Å²) in [6.07, 6.45) is 5.28. The summed E-state index contributed by atoms with van der Waals surface area (Å²) in [6.45, 7) is 7.49. The molecule has 2 aliphatic rings. The van der Waals surface area contributed by atoms with Crippen molar-refractivity contribution in [1.82, 2.24) is 9.21 Å². The van der Waals surface area contributed by atoms with Crippen molar-refractivity contribution in [2.24, 2.45) is 5.92 Å². The minimum atomic E-state index is -3.54. The normalized spacial score (nSPS) is 21.6. The molecule has 2 fully saturated rings. The van der Waals surface area contributed by atoms with Crippen molar-refractivity contribution in [3.05, 3.63) is 30.4 Å². The number of hydrogen-bond donors (Lipinski definition) is 0. The van der Waals surface area contributed by atoms with Crippen molar-refractivity contribution in [2.45, 2.75) is 31.6 Å². The quantitative estimate of drug-likeness (QED) is 0.683. The molecule has 7 nitrogen and oxygen atoms in total. The molecule has 160 valence electrons. The van der Waals surface area contributed by atoms with E-state index in [2.05, 4.69) is 11.8 Å². The predicted octanol–water partition coefficient (Wildman–Crippen LogP) is 2.34. The van der Waals surface area contributed by atoms with Crippen LogP contribution in [0.3, 0.4) is 0 Å². The monoisotopic (exact) mass is 421 g/mol. The summed E-state index contributed by atoms with van der Waals surface area (Å²) in [4.78, 5) is 16.3. The number of rotatable bonds is 5. The molecule has 0 aromatic heterocycles. The van der Waals surface area contributed by atoms with Gasteiger partial charge in [0.15, 0.2) is 0 Å². The second kappa shape index (κ2) is 9.17. The summed E-state index contributed by atoms with van der Waals surface area (Å²) in [5, 5.41) is 0. The highest BCUT2D eigenvalue weighted by Gasteiger charge is 2.30. The Morgan fingerprint density at radius 2 is 1.90 bits per heavy atom. The molecule has 0 saturated carbocycles. The number of piperidine rings is 1. The minimum absolute atomic E-state index is 0.00895. The zero-order chi connectivity index (χ0) is 21.0. The van der Waals surface area contributed by atoms with E-state index in [1.807, 2.05) is 6.92 Å². The van der Waals surface area contributed by atoms with E-state index < -0.39 is 10.0 Å². The Bertz CT molecular complexity index is 861. The molecular weight excluding hydrogens is 390 g/mol. The molecular formula is C21H31N3O4S. The van der Waals surface area contributed by atoms with E-state index in [1.54, 1.807) is 46.7 Å². The lowest BCUT2D eigenvalue weighted by Crippen LogP contribution is -2.48. The van der Waals surface area contributed by atoms with E-state index in [1.165, 1.54) is 0 Å². The first-order valence-corrected chi connectivity index (χ1v) is 11.7. The summed E-state index contributed by atoms with van der Waals surface area (Å²) >= 11 is 0. The van der Waals surface area contributed by atoms with Crippen LogP contribution in [0, 0.1) is 5.92 Å². The molecule has 0 N–H and O–H groups in total. The summed E-state index contributed by atoms with van der Waals surface area (Å²) in [5.74, 6) is 1.03. The zero-order valence-corrected chi connectivity index (χ0v) is 18.3. The first-order valence-electron chi connectivity index (χ1n) is 10.2. The maximum Gasteiger partial charge on any atom is 0.246 e. The van der Waals surface area contributed by atoms with Gasteiger partial charge in [-0.05, 0) is 50.0 Å². The number of carbonyl (C=O) groups excluding carboxylic acids is 1. The van der Waals surface area contributed by atoms with Gasteiger partial charge in [-0.15, -0.1) is 0 Å². The van der Waals surface area contributed by atoms with Gasteiger partial charge in [0.2, 0.25) is 15.9 Å². The first-order chi connectivity index (χ1) is 13.9. The number of anilines is 1. The molecule has 2 saturated heterocycles. The lowest BCUT2D eigenvalue weighted by molar-refractivity contribution is -0.126. The van der Waals surface area contributed by atoms with Crippen LogP contribution < -0.4 is 9.64 Å². The van der Waals surface area contributed by atoms with E-state index >= 15 is 0 Å². The summed E-state index contributed by atoms with van der Waals surface area (Å²) in [6, 6.07) is 5.08. The highest BCUT2D eigenvalue weighted by molar-refractivity contribution is 7.89. The lowest BCUT2D eigenvalue weighted by Gasteiger charge is -2.36.